The summed E-state index contributed by atoms with van der Waals surface area (Å²) in [7, 11) is 0. The third kappa shape index (κ3) is 3.23. The van der Waals surface area contributed by atoms with Crippen molar-refractivity contribution in [1.82, 2.24) is 5.32 Å². The van der Waals surface area contributed by atoms with Crippen LogP contribution in [0.15, 0.2) is 59.1 Å². The summed E-state index contributed by atoms with van der Waals surface area (Å²) in [5.41, 5.74) is 2.73. The highest BCUT2D eigenvalue weighted by atomic mass is 35.5. The van der Waals surface area contributed by atoms with Crippen molar-refractivity contribution < 1.29 is 4.79 Å². The molecule has 0 spiro atoms. The molecule has 0 aliphatic carbocycles. The van der Waals surface area contributed by atoms with E-state index in [0.29, 0.717) is 10.1 Å². The molecule has 4 nitrogen and oxygen atoms in total. The predicted molar refractivity (Wildman–Crippen MR) is 102 cm³/mol. The summed E-state index contributed by atoms with van der Waals surface area (Å²) in [6.07, 6.45) is 0.385. The number of aryl methyl sites for hydroxylation is 1. The van der Waals surface area contributed by atoms with Crippen LogP contribution in [0.3, 0.4) is 0 Å². The Morgan fingerprint density at radius 1 is 1.24 bits per heavy atom. The fourth-order valence-electron chi connectivity index (χ4n) is 2.78. The van der Waals surface area contributed by atoms with Crippen molar-refractivity contribution >= 4 is 35.8 Å². The van der Waals surface area contributed by atoms with Crippen LogP contribution in [0.1, 0.15) is 24.2 Å². The summed E-state index contributed by atoms with van der Waals surface area (Å²) in [6.45, 7) is 2.08. The summed E-state index contributed by atoms with van der Waals surface area (Å²) in [6, 6.07) is 17.2. The van der Waals surface area contributed by atoms with E-state index in [1.54, 1.807) is 6.07 Å². The van der Waals surface area contributed by atoms with Crippen molar-refractivity contribution in [3.05, 3.63) is 75.3 Å². The number of hydrogen-bond donors (Lipinski definition) is 2. The molecule has 1 aliphatic rings. The number of nitrogens with one attached hydrogen (secondary N) is 1. The van der Waals surface area contributed by atoms with Gasteiger partial charge in [0.2, 0.25) is 0 Å². The number of carbonyl (C=O) groups excluding carboxylic acids is 1. The zero-order valence-electron chi connectivity index (χ0n) is 13.5. The van der Waals surface area contributed by atoms with Crippen LogP contribution in [0.2, 0.25) is 5.02 Å². The van der Waals surface area contributed by atoms with Crippen LogP contribution in [0.25, 0.3) is 0 Å². The summed E-state index contributed by atoms with van der Waals surface area (Å²) in [5, 5.41) is 13.0. The summed E-state index contributed by atoms with van der Waals surface area (Å²) >= 11 is 10.8. The van der Waals surface area contributed by atoms with Gasteiger partial charge in [-0.05, 0) is 30.2 Å². The molecule has 0 bridgehead atoms. The Kier molecular flexibility index (Phi) is 5.03. The Morgan fingerprint density at radius 2 is 1.92 bits per heavy atom. The predicted octanol–water partition coefficient (Wildman–Crippen LogP) is 4.20. The Bertz CT molecular complexity index is 886. The van der Waals surface area contributed by atoms with Crippen molar-refractivity contribution in [2.75, 3.05) is 4.90 Å². The van der Waals surface area contributed by atoms with Gasteiger partial charge in [-0.3, -0.25) is 4.79 Å². The number of benzene rings is 2. The Hall–Kier alpha value is -2.42. The first-order valence-electron chi connectivity index (χ1n) is 7.83. The number of halogens is 1. The molecule has 2 aromatic carbocycles. The highest BCUT2D eigenvalue weighted by Gasteiger charge is 2.34. The molecule has 1 amide bonds. The summed E-state index contributed by atoms with van der Waals surface area (Å²) in [5.74, 6) is -0.459. The number of carbonyl (C=O) groups is 1. The zero-order chi connectivity index (χ0) is 18.0. The summed E-state index contributed by atoms with van der Waals surface area (Å²) in [4.78, 5) is 14.1. The SMILES string of the molecule is CCc1ccc(N2C(S)=C(C#N)C(=O)NC2c2ccccc2Cl)cc1. The van der Waals surface area contributed by atoms with Crippen molar-refractivity contribution in [2.45, 2.75) is 19.5 Å². The minimum atomic E-state index is -0.543. The van der Waals surface area contributed by atoms with E-state index in [0.717, 1.165) is 17.7 Å². The Balaban J connectivity index is 2.16. The maximum atomic E-state index is 12.3. The molecule has 0 fully saturated rings. The second-order valence-corrected chi connectivity index (χ2v) is 6.43. The molecule has 2 aromatic rings. The number of thiol groups is 1. The number of rotatable bonds is 3. The minimum Gasteiger partial charge on any atom is -0.327 e. The maximum absolute atomic E-state index is 12.3. The van der Waals surface area contributed by atoms with E-state index < -0.39 is 12.1 Å². The van der Waals surface area contributed by atoms with Crippen LogP contribution in [0.4, 0.5) is 5.69 Å². The topological polar surface area (TPSA) is 56.1 Å². The van der Waals surface area contributed by atoms with E-state index in [-0.39, 0.29) is 5.57 Å². The molecule has 25 heavy (non-hydrogen) atoms. The van der Waals surface area contributed by atoms with Crippen molar-refractivity contribution in [2.24, 2.45) is 0 Å². The van der Waals surface area contributed by atoms with Gasteiger partial charge in [-0.15, -0.1) is 12.6 Å². The van der Waals surface area contributed by atoms with Gasteiger partial charge in [0.05, 0.1) is 5.03 Å². The third-order valence-electron chi connectivity index (χ3n) is 4.14. The van der Waals surface area contributed by atoms with Crippen LogP contribution < -0.4 is 10.2 Å². The van der Waals surface area contributed by atoms with Gasteiger partial charge in [-0.25, -0.2) is 0 Å². The van der Waals surface area contributed by atoms with E-state index in [9.17, 15) is 10.1 Å². The molecule has 0 saturated heterocycles. The molecule has 126 valence electrons. The smallest absolute Gasteiger partial charge is 0.266 e. The highest BCUT2D eigenvalue weighted by molar-refractivity contribution is 7.84. The second-order valence-electron chi connectivity index (χ2n) is 5.60. The molecule has 0 aromatic heterocycles. The molecule has 1 aliphatic heterocycles. The van der Waals surface area contributed by atoms with E-state index in [1.165, 1.54) is 5.56 Å². The van der Waals surface area contributed by atoms with E-state index in [2.05, 4.69) is 24.9 Å². The Labute approximate surface area is 157 Å². The third-order valence-corrected chi connectivity index (χ3v) is 4.92. The monoisotopic (exact) mass is 369 g/mol. The quantitative estimate of drug-likeness (QED) is 0.797. The van der Waals surface area contributed by atoms with Gasteiger partial charge in [0.25, 0.3) is 5.91 Å². The number of hydrogen-bond acceptors (Lipinski definition) is 4. The maximum Gasteiger partial charge on any atom is 0.266 e. The number of amides is 1. The van der Waals surface area contributed by atoms with Crippen molar-refractivity contribution in [1.29, 1.82) is 5.26 Å². The van der Waals surface area contributed by atoms with Gasteiger partial charge in [-0.1, -0.05) is 48.9 Å². The molecule has 6 heteroatoms. The first-order chi connectivity index (χ1) is 12.1. The zero-order valence-corrected chi connectivity index (χ0v) is 15.2. The van der Waals surface area contributed by atoms with Crippen LogP contribution in [-0.2, 0) is 11.2 Å². The lowest BCUT2D eigenvalue weighted by Crippen LogP contribution is -2.46. The largest absolute Gasteiger partial charge is 0.327 e. The van der Waals surface area contributed by atoms with Gasteiger partial charge in [0, 0.05) is 16.3 Å². The normalized spacial score (nSPS) is 17.3. The van der Waals surface area contributed by atoms with E-state index >= 15 is 0 Å². The van der Waals surface area contributed by atoms with Crippen LogP contribution in [0.5, 0.6) is 0 Å². The van der Waals surface area contributed by atoms with E-state index in [1.807, 2.05) is 53.4 Å². The molecule has 1 atom stereocenters. The molecular formula is C19H16ClN3OS. The van der Waals surface area contributed by atoms with Crippen LogP contribution >= 0.6 is 24.2 Å². The lowest BCUT2D eigenvalue weighted by atomic mass is 10.1. The standard InChI is InChI=1S/C19H16ClN3OS/c1-2-12-7-9-13(10-8-12)23-17(14-5-3-4-6-16(14)20)22-18(24)15(11-21)19(23)25/h3-10,17,25H,2H2,1H3,(H,22,24). The van der Waals surface area contributed by atoms with Crippen molar-refractivity contribution in [3.8, 4) is 6.07 Å². The van der Waals surface area contributed by atoms with Gasteiger partial charge < -0.3 is 10.2 Å². The van der Waals surface area contributed by atoms with Gasteiger partial charge in [0.15, 0.2) is 0 Å². The first kappa shape index (κ1) is 17.4. The molecule has 0 saturated carbocycles. The Morgan fingerprint density at radius 3 is 2.52 bits per heavy atom. The average molecular weight is 370 g/mol. The molecule has 0 radical (unpaired) electrons. The lowest BCUT2D eigenvalue weighted by Gasteiger charge is -2.38. The van der Waals surface area contributed by atoms with Crippen molar-refractivity contribution in [3.63, 3.8) is 0 Å². The van der Waals surface area contributed by atoms with Gasteiger partial charge >= 0.3 is 0 Å². The van der Waals surface area contributed by atoms with Crippen LogP contribution in [-0.4, -0.2) is 5.91 Å². The molecule has 1 unspecified atom stereocenters. The molecule has 1 heterocycles. The molecular weight excluding hydrogens is 354 g/mol. The lowest BCUT2D eigenvalue weighted by molar-refractivity contribution is -0.118. The number of nitrogens with zero attached hydrogens (tertiary/aromatic N) is 2. The van der Waals surface area contributed by atoms with Gasteiger partial charge in [-0.2, -0.15) is 5.26 Å². The van der Waals surface area contributed by atoms with Gasteiger partial charge in [0.1, 0.15) is 17.8 Å². The number of anilines is 1. The second kappa shape index (κ2) is 7.22. The van der Waals surface area contributed by atoms with Crippen LogP contribution in [0, 0.1) is 11.3 Å². The fraction of sp³-hybridized carbons (Fsp3) is 0.158. The molecule has 3 rings (SSSR count). The minimum absolute atomic E-state index is 0.0220. The highest BCUT2D eigenvalue weighted by Crippen LogP contribution is 2.37. The fourth-order valence-corrected chi connectivity index (χ4v) is 3.40. The van der Waals surface area contributed by atoms with E-state index in [4.69, 9.17) is 11.6 Å². The molecule has 1 N–H and O–H groups in total. The average Bonchev–Trinajstić information content (AvgIpc) is 2.62. The summed E-state index contributed by atoms with van der Waals surface area (Å²) < 4.78 is 0. The number of nitriles is 1. The first-order valence-corrected chi connectivity index (χ1v) is 8.66.